The summed E-state index contributed by atoms with van der Waals surface area (Å²) in [5.41, 5.74) is 4.22. The Morgan fingerprint density at radius 2 is 2.00 bits per heavy atom. The lowest BCUT2D eigenvalue weighted by molar-refractivity contribution is -0.116. The third kappa shape index (κ3) is 4.24. The summed E-state index contributed by atoms with van der Waals surface area (Å²) in [5, 5.41) is 7.85. The first-order valence-electron chi connectivity index (χ1n) is 10.5. The molecule has 1 aliphatic rings. The van der Waals surface area contributed by atoms with Gasteiger partial charge in [0.1, 0.15) is 12.1 Å². The number of thiophene rings is 1. The minimum atomic E-state index is 0.101. The van der Waals surface area contributed by atoms with Crippen molar-refractivity contribution in [3.05, 3.63) is 76.8 Å². The maximum atomic E-state index is 11.6. The number of benzene rings is 1. The summed E-state index contributed by atoms with van der Waals surface area (Å²) in [6.45, 7) is 3.68. The van der Waals surface area contributed by atoms with Crippen LogP contribution in [0.3, 0.4) is 0 Å². The Balaban J connectivity index is 1.63. The first kappa shape index (κ1) is 21.0. The first-order chi connectivity index (χ1) is 15.6. The molecule has 4 heterocycles. The van der Waals surface area contributed by atoms with Gasteiger partial charge in [-0.25, -0.2) is 4.98 Å². The SMILES string of the molecule is CC(=O)Cc1cc(-c2cc([C@H](c3ccc(Cl)cc3)N3CCC3)c(-c3ncn[nH]3)s2)ccn1. The van der Waals surface area contributed by atoms with E-state index < -0.39 is 0 Å². The van der Waals surface area contributed by atoms with E-state index in [1.54, 1.807) is 24.5 Å². The molecule has 0 saturated carbocycles. The van der Waals surface area contributed by atoms with Crippen LogP contribution in [-0.4, -0.2) is 43.9 Å². The molecule has 1 aliphatic heterocycles. The number of nitrogens with zero attached hydrogens (tertiary/aromatic N) is 4. The van der Waals surface area contributed by atoms with Gasteiger partial charge in [-0.15, -0.1) is 11.3 Å². The van der Waals surface area contributed by atoms with Crippen LogP contribution in [0.4, 0.5) is 0 Å². The number of halogens is 1. The Morgan fingerprint density at radius 1 is 1.19 bits per heavy atom. The molecule has 1 N–H and O–H groups in total. The molecule has 6 nitrogen and oxygen atoms in total. The van der Waals surface area contributed by atoms with E-state index >= 15 is 0 Å². The number of nitrogens with one attached hydrogen (secondary N) is 1. The number of hydrogen-bond donors (Lipinski definition) is 1. The zero-order valence-corrected chi connectivity index (χ0v) is 19.2. The van der Waals surface area contributed by atoms with Crippen LogP contribution in [0.25, 0.3) is 21.1 Å². The fraction of sp³-hybridized carbons (Fsp3) is 0.250. The molecule has 8 heteroatoms. The number of pyridine rings is 1. The molecule has 1 atom stereocenters. The molecule has 4 aromatic rings. The van der Waals surface area contributed by atoms with Crippen molar-refractivity contribution in [1.82, 2.24) is 25.1 Å². The lowest BCUT2D eigenvalue weighted by atomic mass is 9.94. The normalized spacial score (nSPS) is 14.8. The van der Waals surface area contributed by atoms with Gasteiger partial charge in [0, 0.05) is 41.3 Å². The molecular weight excluding hydrogens is 442 g/mol. The molecule has 1 fully saturated rings. The predicted octanol–water partition coefficient (Wildman–Crippen LogP) is 5.18. The summed E-state index contributed by atoms with van der Waals surface area (Å²) >= 11 is 7.85. The standard InChI is InChI=1S/C24H22ClN5OS/c1-15(31)11-19-12-17(7-8-26-19)21-13-20(23(32-21)24-27-14-28-29-24)22(30-9-2-10-30)16-3-5-18(25)6-4-16/h3-8,12-14,22H,2,9-11H2,1H3,(H,27,28,29)/t22-/m0/s1. The van der Waals surface area contributed by atoms with Gasteiger partial charge in [0.2, 0.25) is 0 Å². The summed E-state index contributed by atoms with van der Waals surface area (Å²) in [7, 11) is 0. The maximum Gasteiger partial charge on any atom is 0.165 e. The number of rotatable bonds is 7. The van der Waals surface area contributed by atoms with Gasteiger partial charge in [0.15, 0.2) is 5.82 Å². The summed E-state index contributed by atoms with van der Waals surface area (Å²) in [6.07, 6.45) is 4.84. The lowest BCUT2D eigenvalue weighted by Crippen LogP contribution is -2.40. The second kappa shape index (κ2) is 8.94. The summed E-state index contributed by atoms with van der Waals surface area (Å²) in [4.78, 5) is 25.0. The van der Waals surface area contributed by atoms with Crippen molar-refractivity contribution in [2.24, 2.45) is 0 Å². The van der Waals surface area contributed by atoms with Crippen molar-refractivity contribution in [2.45, 2.75) is 25.8 Å². The van der Waals surface area contributed by atoms with Crippen LogP contribution in [0.2, 0.25) is 5.02 Å². The predicted molar refractivity (Wildman–Crippen MR) is 127 cm³/mol. The number of aromatic nitrogens is 4. The maximum absolute atomic E-state index is 11.6. The van der Waals surface area contributed by atoms with Crippen LogP contribution in [0.1, 0.15) is 36.2 Å². The molecule has 0 aliphatic carbocycles. The number of H-pyrrole nitrogens is 1. The number of ketones is 1. The van der Waals surface area contributed by atoms with Gasteiger partial charge in [0.05, 0.1) is 10.9 Å². The highest BCUT2D eigenvalue weighted by molar-refractivity contribution is 7.19. The van der Waals surface area contributed by atoms with E-state index in [4.69, 9.17) is 11.6 Å². The number of hydrogen-bond acceptors (Lipinski definition) is 6. The third-order valence-corrected chi connectivity index (χ3v) is 7.12. The van der Waals surface area contributed by atoms with Gasteiger partial charge >= 0.3 is 0 Å². The molecule has 0 unspecified atom stereocenters. The summed E-state index contributed by atoms with van der Waals surface area (Å²) < 4.78 is 0. The van der Waals surface area contributed by atoms with Crippen LogP contribution in [-0.2, 0) is 11.2 Å². The van der Waals surface area contributed by atoms with Gasteiger partial charge in [-0.1, -0.05) is 23.7 Å². The van der Waals surface area contributed by atoms with E-state index in [1.165, 1.54) is 23.9 Å². The van der Waals surface area contributed by atoms with E-state index in [9.17, 15) is 4.79 Å². The molecule has 5 rings (SSSR count). The van der Waals surface area contributed by atoms with Gasteiger partial charge in [-0.05, 0) is 60.4 Å². The largest absolute Gasteiger partial charge is 0.300 e. The molecular formula is C24H22ClN5OS. The number of carbonyl (C=O) groups excluding carboxylic acids is 1. The van der Waals surface area contributed by atoms with Crippen LogP contribution in [0.5, 0.6) is 0 Å². The van der Waals surface area contributed by atoms with E-state index in [0.29, 0.717) is 6.42 Å². The fourth-order valence-electron chi connectivity index (χ4n) is 4.06. The van der Waals surface area contributed by atoms with Crippen LogP contribution in [0, 0.1) is 0 Å². The zero-order chi connectivity index (χ0) is 22.1. The lowest BCUT2D eigenvalue weighted by Gasteiger charge is -2.39. The highest BCUT2D eigenvalue weighted by Gasteiger charge is 2.31. The minimum Gasteiger partial charge on any atom is -0.300 e. The van der Waals surface area contributed by atoms with Gasteiger partial charge in [0.25, 0.3) is 0 Å². The van der Waals surface area contributed by atoms with Crippen molar-refractivity contribution in [2.75, 3.05) is 13.1 Å². The van der Waals surface area contributed by atoms with Crippen LogP contribution >= 0.6 is 22.9 Å². The van der Waals surface area contributed by atoms with Crippen molar-refractivity contribution in [1.29, 1.82) is 0 Å². The molecule has 3 aromatic heterocycles. The second-order valence-electron chi connectivity index (χ2n) is 7.99. The average molecular weight is 464 g/mol. The fourth-order valence-corrected chi connectivity index (χ4v) is 5.32. The molecule has 1 aromatic carbocycles. The second-order valence-corrected chi connectivity index (χ2v) is 9.48. The smallest absolute Gasteiger partial charge is 0.165 e. The monoisotopic (exact) mass is 463 g/mol. The van der Waals surface area contributed by atoms with Crippen molar-refractivity contribution < 1.29 is 4.79 Å². The number of aromatic amines is 1. The number of carbonyl (C=O) groups is 1. The zero-order valence-electron chi connectivity index (χ0n) is 17.6. The Bertz CT molecular complexity index is 1230. The van der Waals surface area contributed by atoms with E-state index in [1.807, 2.05) is 24.3 Å². The highest BCUT2D eigenvalue weighted by atomic mass is 35.5. The van der Waals surface area contributed by atoms with E-state index in [2.05, 4.69) is 43.3 Å². The summed E-state index contributed by atoms with van der Waals surface area (Å²) in [5.74, 6) is 0.859. The Kier molecular flexibility index (Phi) is 5.87. The van der Waals surface area contributed by atoms with Crippen LogP contribution in [0.15, 0.2) is 55.0 Å². The third-order valence-electron chi connectivity index (χ3n) is 5.66. The molecule has 1 saturated heterocycles. The van der Waals surface area contributed by atoms with Gasteiger partial charge in [-0.2, -0.15) is 5.10 Å². The Morgan fingerprint density at radius 3 is 2.66 bits per heavy atom. The molecule has 0 bridgehead atoms. The molecule has 162 valence electrons. The highest BCUT2D eigenvalue weighted by Crippen LogP contribution is 2.44. The quantitative estimate of drug-likeness (QED) is 0.409. The van der Waals surface area contributed by atoms with Crippen molar-refractivity contribution in [3.8, 4) is 21.1 Å². The molecule has 0 spiro atoms. The van der Waals surface area contributed by atoms with Gasteiger partial charge < -0.3 is 0 Å². The van der Waals surface area contributed by atoms with E-state index in [-0.39, 0.29) is 11.8 Å². The average Bonchev–Trinajstić information content (AvgIpc) is 3.41. The molecule has 0 amide bonds. The first-order valence-corrected chi connectivity index (χ1v) is 11.7. The Labute approximate surface area is 195 Å². The van der Waals surface area contributed by atoms with Gasteiger partial charge in [-0.3, -0.25) is 19.8 Å². The molecule has 0 radical (unpaired) electrons. The molecule has 32 heavy (non-hydrogen) atoms. The van der Waals surface area contributed by atoms with E-state index in [0.717, 1.165) is 44.9 Å². The topological polar surface area (TPSA) is 74.8 Å². The van der Waals surface area contributed by atoms with Crippen molar-refractivity contribution in [3.63, 3.8) is 0 Å². The Hall–Kier alpha value is -2.87. The minimum absolute atomic E-state index is 0.101. The number of Topliss-reactive ketones (excluding diaryl/α,β-unsaturated/α-hetero) is 1. The van der Waals surface area contributed by atoms with Crippen LogP contribution < -0.4 is 0 Å². The number of likely N-dealkylation sites (tertiary alicyclic amines) is 1. The summed E-state index contributed by atoms with van der Waals surface area (Å²) in [6, 6.07) is 14.4. The van der Waals surface area contributed by atoms with Crippen molar-refractivity contribution >= 4 is 28.7 Å².